The third-order valence-electron chi connectivity index (χ3n) is 6.18. The third-order valence-corrected chi connectivity index (χ3v) is 6.18. The van der Waals surface area contributed by atoms with E-state index in [2.05, 4.69) is 0 Å². The first kappa shape index (κ1) is 19.6. The lowest BCUT2D eigenvalue weighted by molar-refractivity contribution is -0.142. The molecule has 2 fully saturated rings. The summed E-state index contributed by atoms with van der Waals surface area (Å²) in [5.74, 6) is -0.566. The Bertz CT molecular complexity index is 923. The lowest BCUT2D eigenvalue weighted by Crippen LogP contribution is -2.47. The van der Waals surface area contributed by atoms with Crippen LogP contribution >= 0.6 is 0 Å². The third kappa shape index (κ3) is 4.16. The molecule has 4 nitrogen and oxygen atoms in total. The highest BCUT2D eigenvalue weighted by molar-refractivity contribution is 5.85. The maximum absolute atomic E-state index is 13.4. The first-order valence-electron chi connectivity index (χ1n) is 10.0. The molecular weight excluding hydrogens is 374 g/mol. The number of hydrogen-bond donors (Lipinski definition) is 0. The summed E-state index contributed by atoms with van der Waals surface area (Å²) in [5, 5.41) is 0. The van der Waals surface area contributed by atoms with Crippen molar-refractivity contribution in [1.82, 2.24) is 9.80 Å². The van der Waals surface area contributed by atoms with Crippen molar-refractivity contribution in [3.8, 4) is 0 Å². The van der Waals surface area contributed by atoms with E-state index in [-0.39, 0.29) is 29.9 Å². The van der Waals surface area contributed by atoms with Gasteiger partial charge < -0.3 is 9.80 Å². The highest BCUT2D eigenvalue weighted by Crippen LogP contribution is 2.42. The summed E-state index contributed by atoms with van der Waals surface area (Å²) < 4.78 is 26.8. The summed E-state index contributed by atoms with van der Waals surface area (Å²) in [6, 6.07) is 12.4. The van der Waals surface area contributed by atoms with E-state index >= 15 is 0 Å². The number of benzene rings is 2. The summed E-state index contributed by atoms with van der Waals surface area (Å²) >= 11 is 0. The van der Waals surface area contributed by atoms with Gasteiger partial charge in [0.15, 0.2) is 0 Å². The summed E-state index contributed by atoms with van der Waals surface area (Å²) in [7, 11) is 0. The Balaban J connectivity index is 1.35. The topological polar surface area (TPSA) is 40.6 Å². The minimum Gasteiger partial charge on any atom is -0.342 e. The molecule has 2 aromatic carbocycles. The van der Waals surface area contributed by atoms with E-state index in [1.807, 2.05) is 6.07 Å². The van der Waals surface area contributed by atoms with Gasteiger partial charge in [0, 0.05) is 26.2 Å². The monoisotopic (exact) mass is 398 g/mol. The Kier molecular flexibility index (Phi) is 5.35. The van der Waals surface area contributed by atoms with Gasteiger partial charge in [-0.05, 0) is 54.7 Å². The zero-order chi connectivity index (χ0) is 20.4. The van der Waals surface area contributed by atoms with Gasteiger partial charge in [0.05, 0.1) is 11.8 Å². The van der Waals surface area contributed by atoms with Crippen molar-refractivity contribution in [2.75, 3.05) is 19.6 Å². The van der Waals surface area contributed by atoms with Crippen molar-refractivity contribution < 1.29 is 18.4 Å². The van der Waals surface area contributed by atoms with Crippen LogP contribution in [0.15, 0.2) is 48.5 Å². The molecule has 0 aliphatic carbocycles. The Morgan fingerprint density at radius 1 is 0.897 bits per heavy atom. The largest absolute Gasteiger partial charge is 0.342 e. The van der Waals surface area contributed by atoms with Gasteiger partial charge in [0.2, 0.25) is 11.8 Å². The van der Waals surface area contributed by atoms with Gasteiger partial charge in [-0.2, -0.15) is 0 Å². The number of piperidine rings is 1. The second-order valence-corrected chi connectivity index (χ2v) is 8.07. The molecular formula is C23H24F2N2O2. The molecule has 0 N–H and O–H groups in total. The maximum atomic E-state index is 13.4. The van der Waals surface area contributed by atoms with Crippen molar-refractivity contribution in [3.63, 3.8) is 0 Å². The maximum Gasteiger partial charge on any atom is 0.229 e. The van der Waals surface area contributed by atoms with Crippen LogP contribution in [-0.4, -0.2) is 41.2 Å². The van der Waals surface area contributed by atoms with E-state index in [4.69, 9.17) is 0 Å². The van der Waals surface area contributed by atoms with Crippen LogP contribution in [0.1, 0.15) is 30.4 Å². The van der Waals surface area contributed by atoms with Crippen LogP contribution in [0.4, 0.5) is 8.78 Å². The molecule has 2 heterocycles. The van der Waals surface area contributed by atoms with Gasteiger partial charge in [-0.25, -0.2) is 8.78 Å². The molecule has 2 aliphatic heterocycles. The second-order valence-electron chi connectivity index (χ2n) is 8.07. The first-order chi connectivity index (χ1) is 13.9. The predicted molar refractivity (Wildman–Crippen MR) is 105 cm³/mol. The first-order valence-corrected chi connectivity index (χ1v) is 10.0. The van der Waals surface area contributed by atoms with Crippen LogP contribution in [-0.2, 0) is 22.6 Å². The van der Waals surface area contributed by atoms with Gasteiger partial charge in [0.1, 0.15) is 11.6 Å². The zero-order valence-corrected chi connectivity index (χ0v) is 16.2. The molecule has 0 radical (unpaired) electrons. The fourth-order valence-electron chi connectivity index (χ4n) is 4.48. The smallest absolute Gasteiger partial charge is 0.229 e. The zero-order valence-electron chi connectivity index (χ0n) is 16.2. The molecule has 2 saturated heterocycles. The summed E-state index contributed by atoms with van der Waals surface area (Å²) in [6.07, 6.45) is 2.22. The Labute approximate surface area is 169 Å². The standard InChI is InChI=1S/C23H24F2N2O2/c24-19-5-1-3-17(13-19)15-21(28)26-10-7-23(8-11-26)9-12-27(22(23)29)16-18-4-2-6-20(25)14-18/h1-6,13-14H,7-12,15-16H2. The highest BCUT2D eigenvalue weighted by Gasteiger charge is 2.48. The fraction of sp³-hybridized carbons (Fsp3) is 0.391. The summed E-state index contributed by atoms with van der Waals surface area (Å²) in [4.78, 5) is 29.2. The lowest BCUT2D eigenvalue weighted by atomic mass is 9.77. The Morgan fingerprint density at radius 3 is 2.14 bits per heavy atom. The van der Waals surface area contributed by atoms with Crippen LogP contribution in [0.2, 0.25) is 0 Å². The normalized spacial score (nSPS) is 18.5. The molecule has 0 bridgehead atoms. The van der Waals surface area contributed by atoms with E-state index < -0.39 is 5.41 Å². The minimum atomic E-state index is -0.414. The molecule has 152 valence electrons. The molecule has 1 spiro atoms. The van der Waals surface area contributed by atoms with Gasteiger partial charge in [-0.3, -0.25) is 9.59 Å². The molecule has 6 heteroatoms. The number of carbonyl (C=O) groups is 2. The quantitative estimate of drug-likeness (QED) is 0.790. The van der Waals surface area contributed by atoms with Crippen LogP contribution in [0.5, 0.6) is 0 Å². The molecule has 2 aromatic rings. The van der Waals surface area contributed by atoms with Crippen molar-refractivity contribution in [1.29, 1.82) is 0 Å². The van der Waals surface area contributed by atoms with Gasteiger partial charge in [-0.15, -0.1) is 0 Å². The molecule has 0 aromatic heterocycles. The lowest BCUT2D eigenvalue weighted by Gasteiger charge is -2.38. The molecule has 0 unspecified atom stereocenters. The Hall–Kier alpha value is -2.76. The average molecular weight is 398 g/mol. The number of rotatable bonds is 4. The van der Waals surface area contributed by atoms with Gasteiger partial charge in [-0.1, -0.05) is 24.3 Å². The predicted octanol–water partition coefficient (Wildman–Crippen LogP) is 3.55. The van der Waals surface area contributed by atoms with E-state index in [1.54, 1.807) is 28.0 Å². The number of hydrogen-bond acceptors (Lipinski definition) is 2. The molecule has 0 atom stereocenters. The van der Waals surface area contributed by atoms with Gasteiger partial charge >= 0.3 is 0 Å². The summed E-state index contributed by atoms with van der Waals surface area (Å²) in [6.45, 7) is 2.15. The average Bonchev–Trinajstić information content (AvgIpc) is 2.98. The van der Waals surface area contributed by atoms with Crippen LogP contribution in [0, 0.1) is 17.0 Å². The number of halogens is 2. The van der Waals surface area contributed by atoms with Gasteiger partial charge in [0.25, 0.3) is 0 Å². The number of amides is 2. The molecule has 2 aliphatic rings. The van der Waals surface area contributed by atoms with E-state index in [0.29, 0.717) is 44.6 Å². The van der Waals surface area contributed by atoms with Crippen molar-refractivity contribution in [2.45, 2.75) is 32.2 Å². The van der Waals surface area contributed by atoms with Crippen molar-refractivity contribution >= 4 is 11.8 Å². The van der Waals surface area contributed by atoms with Crippen LogP contribution < -0.4 is 0 Å². The second kappa shape index (κ2) is 7.93. The van der Waals surface area contributed by atoms with Crippen molar-refractivity contribution in [3.05, 3.63) is 71.3 Å². The van der Waals surface area contributed by atoms with Crippen molar-refractivity contribution in [2.24, 2.45) is 5.41 Å². The van der Waals surface area contributed by atoms with E-state index in [9.17, 15) is 18.4 Å². The fourth-order valence-corrected chi connectivity index (χ4v) is 4.48. The highest BCUT2D eigenvalue weighted by atomic mass is 19.1. The number of likely N-dealkylation sites (tertiary alicyclic amines) is 2. The van der Waals surface area contributed by atoms with Crippen LogP contribution in [0.3, 0.4) is 0 Å². The molecule has 29 heavy (non-hydrogen) atoms. The van der Waals surface area contributed by atoms with Crippen LogP contribution in [0.25, 0.3) is 0 Å². The van der Waals surface area contributed by atoms with E-state index in [0.717, 1.165) is 12.0 Å². The minimum absolute atomic E-state index is 0.0347. The molecule has 4 rings (SSSR count). The summed E-state index contributed by atoms with van der Waals surface area (Å²) in [5.41, 5.74) is 1.04. The Morgan fingerprint density at radius 2 is 1.48 bits per heavy atom. The van der Waals surface area contributed by atoms with E-state index in [1.165, 1.54) is 24.3 Å². The molecule has 2 amide bonds. The molecule has 0 saturated carbocycles. The SMILES string of the molecule is O=C(Cc1cccc(F)c1)N1CCC2(CC1)CCN(Cc1cccc(F)c1)C2=O. The number of carbonyl (C=O) groups excluding carboxylic acids is 2. The number of nitrogens with zero attached hydrogens (tertiary/aromatic N) is 2.